The van der Waals surface area contributed by atoms with Gasteiger partial charge in [-0.25, -0.2) is 0 Å². The minimum Gasteiger partial charge on any atom is -0.366 e. The van der Waals surface area contributed by atoms with E-state index in [0.29, 0.717) is 0 Å². The Labute approximate surface area is 129 Å². The molecule has 0 heterocycles. The van der Waals surface area contributed by atoms with Crippen LogP contribution in [0.25, 0.3) is 0 Å². The summed E-state index contributed by atoms with van der Waals surface area (Å²) in [7, 11) is 0. The van der Waals surface area contributed by atoms with E-state index in [4.69, 9.17) is 12.8 Å². The Kier molecular flexibility index (Phi) is 8.28. The summed E-state index contributed by atoms with van der Waals surface area (Å²) in [5, 5.41) is 0. The smallest absolute Gasteiger partial charge is 0.366 e. The average Bonchev–Trinajstić information content (AvgIpc) is 2.41. The van der Waals surface area contributed by atoms with Gasteiger partial charge >= 0.3 is 19.5 Å². The zero-order valence-corrected chi connectivity index (χ0v) is 12.6. The van der Waals surface area contributed by atoms with Crippen molar-refractivity contribution in [2.75, 3.05) is 0 Å². The van der Waals surface area contributed by atoms with Crippen LogP contribution in [-0.2, 0) is 19.5 Å². The molecule has 0 fully saturated rings. The van der Waals surface area contributed by atoms with Gasteiger partial charge in [-0.1, -0.05) is 35.4 Å². The predicted octanol–water partition coefficient (Wildman–Crippen LogP) is 3.86. The molecule has 0 aliphatic heterocycles. The third-order valence-electron chi connectivity index (χ3n) is 2.39. The van der Waals surface area contributed by atoms with E-state index in [9.17, 15) is 0 Å². The maximum Gasteiger partial charge on any atom is 2.00 e. The van der Waals surface area contributed by atoms with Crippen LogP contribution in [0.5, 0.6) is 0 Å². The van der Waals surface area contributed by atoms with Crippen LogP contribution >= 0.6 is 0 Å². The van der Waals surface area contributed by atoms with Crippen LogP contribution in [-0.4, -0.2) is 0 Å². The molecule has 0 aromatic heterocycles. The Bertz CT molecular complexity index is 508. The van der Waals surface area contributed by atoms with Crippen molar-refractivity contribution in [1.29, 1.82) is 0 Å². The van der Waals surface area contributed by atoms with Crippen molar-refractivity contribution in [1.82, 2.24) is 0 Å². The Hall–Kier alpha value is -1.82. The van der Waals surface area contributed by atoms with Crippen molar-refractivity contribution in [3.8, 4) is 11.8 Å². The summed E-state index contributed by atoms with van der Waals surface area (Å²) in [5.74, 6) is 4.61. The first-order valence-electron chi connectivity index (χ1n) is 5.64. The zero-order valence-electron chi connectivity index (χ0n) is 11.0. The third kappa shape index (κ3) is 6.62. The molecule has 1 radical (unpaired) electrons. The largest absolute Gasteiger partial charge is 2.00 e. The quantitative estimate of drug-likeness (QED) is 0.390. The van der Waals surface area contributed by atoms with Crippen molar-refractivity contribution in [3.63, 3.8) is 0 Å². The van der Waals surface area contributed by atoms with Gasteiger partial charge in [0.15, 0.2) is 0 Å². The van der Waals surface area contributed by atoms with E-state index < -0.39 is 0 Å². The van der Waals surface area contributed by atoms with E-state index in [1.165, 1.54) is 11.1 Å². The van der Waals surface area contributed by atoms with Crippen molar-refractivity contribution < 1.29 is 19.5 Å². The summed E-state index contributed by atoms with van der Waals surface area (Å²) < 4.78 is 0. The summed E-state index contributed by atoms with van der Waals surface area (Å²) in [6.07, 6.45) is 13.5. The van der Waals surface area contributed by atoms with E-state index in [1.54, 1.807) is 0 Å². The van der Waals surface area contributed by atoms with E-state index in [1.807, 2.05) is 62.4 Å². The molecule has 0 spiro atoms. The van der Waals surface area contributed by atoms with Gasteiger partial charge in [-0.15, -0.1) is 35.4 Å². The Morgan fingerprint density at radius 2 is 0.895 bits per heavy atom. The molecule has 19 heavy (non-hydrogen) atoms. The molecular formula is C18H14Rh. The number of hydrogen-bond donors (Lipinski definition) is 0. The SMILES string of the molecule is [C-]#Cc1ccc(C)cc1.[C-]#Cc1ccc(C)cc1.[Rh+2]. The first kappa shape index (κ1) is 17.2. The molecule has 0 N–H and O–H groups in total. The number of aryl methyl sites for hydroxylation is 2. The van der Waals surface area contributed by atoms with Crippen molar-refractivity contribution in [2.24, 2.45) is 0 Å². The molecule has 0 saturated heterocycles. The summed E-state index contributed by atoms with van der Waals surface area (Å²) >= 11 is 0. The second-order valence-electron chi connectivity index (χ2n) is 3.98. The zero-order chi connectivity index (χ0) is 13.4. The van der Waals surface area contributed by atoms with E-state index in [2.05, 4.69) is 11.8 Å². The molecule has 0 saturated carbocycles. The van der Waals surface area contributed by atoms with Gasteiger partial charge in [0.25, 0.3) is 0 Å². The number of hydrogen-bond acceptors (Lipinski definition) is 0. The summed E-state index contributed by atoms with van der Waals surface area (Å²) in [6, 6.07) is 15.4. The molecule has 2 aromatic carbocycles. The molecule has 0 amide bonds. The van der Waals surface area contributed by atoms with Gasteiger partial charge in [0, 0.05) is 0 Å². The standard InChI is InChI=1S/2C9H7.Rh/c2*1-3-9-6-4-8(2)5-7-9;/h2*4-7H,2H3;/q2*-1;+2. The maximum absolute atomic E-state index is 6.76. The van der Waals surface area contributed by atoms with Crippen LogP contribution in [0.2, 0.25) is 0 Å². The fourth-order valence-electron chi connectivity index (χ4n) is 1.27. The van der Waals surface area contributed by atoms with Gasteiger partial charge in [-0.05, 0) is 13.8 Å². The second kappa shape index (κ2) is 9.16. The molecule has 0 aliphatic rings. The predicted molar refractivity (Wildman–Crippen MR) is 74.8 cm³/mol. The van der Waals surface area contributed by atoms with Crippen LogP contribution in [0.4, 0.5) is 0 Å². The molecule has 0 unspecified atom stereocenters. The Morgan fingerprint density at radius 3 is 1.11 bits per heavy atom. The number of rotatable bonds is 0. The van der Waals surface area contributed by atoms with Gasteiger partial charge in [0.1, 0.15) is 0 Å². The number of benzene rings is 2. The molecule has 2 rings (SSSR count). The minimum absolute atomic E-state index is 0. The maximum atomic E-state index is 6.76. The molecule has 0 aliphatic carbocycles. The van der Waals surface area contributed by atoms with E-state index in [-0.39, 0.29) is 19.5 Å². The molecule has 0 bridgehead atoms. The average molecular weight is 333 g/mol. The summed E-state index contributed by atoms with van der Waals surface area (Å²) in [5.41, 5.74) is 4.10. The molecule has 1 heteroatoms. The van der Waals surface area contributed by atoms with Crippen LogP contribution in [0.15, 0.2) is 48.5 Å². The van der Waals surface area contributed by atoms with Gasteiger partial charge in [0.05, 0.1) is 0 Å². The summed E-state index contributed by atoms with van der Waals surface area (Å²) in [4.78, 5) is 0. The molecule has 2 aromatic rings. The summed E-state index contributed by atoms with van der Waals surface area (Å²) in [6.45, 7) is 4.04. The Morgan fingerprint density at radius 1 is 0.632 bits per heavy atom. The second-order valence-corrected chi connectivity index (χ2v) is 3.98. The third-order valence-corrected chi connectivity index (χ3v) is 2.39. The Balaban J connectivity index is 0.000000324. The van der Waals surface area contributed by atoms with Crippen molar-refractivity contribution in [2.45, 2.75) is 13.8 Å². The van der Waals surface area contributed by atoms with Gasteiger partial charge < -0.3 is 12.8 Å². The van der Waals surface area contributed by atoms with E-state index in [0.717, 1.165) is 11.1 Å². The topological polar surface area (TPSA) is 0 Å². The molecule has 95 valence electrons. The molecular weight excluding hydrogens is 319 g/mol. The van der Waals surface area contributed by atoms with Gasteiger partial charge in [0.2, 0.25) is 0 Å². The van der Waals surface area contributed by atoms with Gasteiger partial charge in [-0.3, -0.25) is 11.8 Å². The monoisotopic (exact) mass is 333 g/mol. The minimum atomic E-state index is 0. The van der Waals surface area contributed by atoms with Crippen LogP contribution in [0, 0.1) is 38.5 Å². The van der Waals surface area contributed by atoms with Crippen molar-refractivity contribution >= 4 is 0 Å². The van der Waals surface area contributed by atoms with Crippen LogP contribution in [0.3, 0.4) is 0 Å². The normalized spacial score (nSPS) is 8.00. The van der Waals surface area contributed by atoms with Crippen LogP contribution < -0.4 is 0 Å². The first-order valence-corrected chi connectivity index (χ1v) is 5.64. The van der Waals surface area contributed by atoms with E-state index >= 15 is 0 Å². The first-order chi connectivity index (χ1) is 8.65. The fraction of sp³-hybridized carbons (Fsp3) is 0.111. The molecule has 0 atom stereocenters. The fourth-order valence-corrected chi connectivity index (χ4v) is 1.27. The van der Waals surface area contributed by atoms with Crippen LogP contribution in [0.1, 0.15) is 22.3 Å². The van der Waals surface area contributed by atoms with Gasteiger partial charge in [-0.2, -0.15) is 0 Å². The van der Waals surface area contributed by atoms with Crippen molar-refractivity contribution in [3.05, 3.63) is 83.6 Å². The molecule has 0 nitrogen and oxygen atoms in total.